The number of hydrogen-bond acceptors (Lipinski definition) is 3. The van der Waals surface area contributed by atoms with E-state index in [1.165, 1.54) is 30.3 Å². The lowest BCUT2D eigenvalue weighted by Gasteiger charge is -2.27. The van der Waals surface area contributed by atoms with Crippen LogP contribution in [-0.2, 0) is 4.79 Å². The average molecular weight is 442 g/mol. The highest BCUT2D eigenvalue weighted by molar-refractivity contribution is 6.35. The molecule has 1 heterocycles. The number of para-hydroxylation sites is 1. The second kappa shape index (κ2) is 7.94. The van der Waals surface area contributed by atoms with E-state index in [0.29, 0.717) is 10.6 Å². The minimum atomic E-state index is -1.06. The van der Waals surface area contributed by atoms with E-state index in [9.17, 15) is 19.1 Å². The third-order valence-corrected chi connectivity index (χ3v) is 5.45. The Kier molecular flexibility index (Phi) is 5.33. The number of carbonyl (C=O) groups excluding carboxylic acids is 2. The molecule has 1 amide bonds. The summed E-state index contributed by atoms with van der Waals surface area (Å²) in [6.07, 6.45) is 0. The predicted octanol–water partition coefficient (Wildman–Crippen LogP) is 5.92. The van der Waals surface area contributed by atoms with Crippen molar-refractivity contribution in [2.24, 2.45) is 0 Å². The highest BCUT2D eigenvalue weighted by atomic mass is 35.5. The fourth-order valence-electron chi connectivity index (χ4n) is 3.48. The zero-order valence-electron chi connectivity index (χ0n) is 15.4. The third kappa shape index (κ3) is 3.36. The highest BCUT2D eigenvalue weighted by Gasteiger charge is 2.45. The van der Waals surface area contributed by atoms with Crippen LogP contribution in [0, 0.1) is 5.82 Å². The van der Waals surface area contributed by atoms with Crippen LogP contribution in [0.15, 0.2) is 84.1 Å². The predicted molar refractivity (Wildman–Crippen MR) is 114 cm³/mol. The molecule has 0 aliphatic carbocycles. The van der Waals surface area contributed by atoms with Gasteiger partial charge in [0, 0.05) is 10.6 Å². The number of anilines is 1. The first kappa shape index (κ1) is 20.1. The van der Waals surface area contributed by atoms with Gasteiger partial charge in [-0.1, -0.05) is 59.6 Å². The molecule has 1 aliphatic heterocycles. The van der Waals surface area contributed by atoms with E-state index in [1.807, 2.05) is 0 Å². The van der Waals surface area contributed by atoms with E-state index >= 15 is 0 Å². The van der Waals surface area contributed by atoms with Crippen LogP contribution in [0.25, 0.3) is 0 Å². The summed E-state index contributed by atoms with van der Waals surface area (Å²) in [4.78, 5) is 27.4. The molecule has 1 unspecified atom stereocenters. The smallest absolute Gasteiger partial charge is 0.294 e. The SMILES string of the molecule is O=C(C1=C(O)C(=O)N(c2ccccc2F)C1c1ccc(Cl)cc1)c1ccccc1Cl. The normalized spacial score (nSPS) is 16.3. The molecule has 1 N–H and O–H groups in total. The number of halogens is 3. The first-order valence-corrected chi connectivity index (χ1v) is 9.71. The van der Waals surface area contributed by atoms with Crippen LogP contribution in [0.4, 0.5) is 10.1 Å². The standard InChI is InChI=1S/C23H14Cl2FNO3/c24-14-11-9-13(10-12-14)20-19(21(28)15-5-1-2-6-16(15)25)22(29)23(30)27(20)18-8-4-3-7-17(18)26/h1-12,20,29H. The molecule has 1 atom stereocenters. The van der Waals surface area contributed by atoms with E-state index in [1.54, 1.807) is 42.5 Å². The van der Waals surface area contributed by atoms with Crippen molar-refractivity contribution in [1.29, 1.82) is 0 Å². The van der Waals surface area contributed by atoms with Gasteiger partial charge in [0.15, 0.2) is 11.5 Å². The van der Waals surface area contributed by atoms with Gasteiger partial charge in [-0.3, -0.25) is 14.5 Å². The van der Waals surface area contributed by atoms with Crippen molar-refractivity contribution in [3.63, 3.8) is 0 Å². The minimum absolute atomic E-state index is 0.0593. The first-order valence-electron chi connectivity index (χ1n) is 8.96. The third-order valence-electron chi connectivity index (χ3n) is 4.87. The number of aliphatic hydroxyl groups is 1. The van der Waals surface area contributed by atoms with E-state index in [0.717, 1.165) is 4.90 Å². The molecule has 3 aromatic rings. The van der Waals surface area contributed by atoms with Crippen LogP contribution in [0.5, 0.6) is 0 Å². The lowest BCUT2D eigenvalue weighted by atomic mass is 9.92. The Morgan fingerprint density at radius 3 is 2.23 bits per heavy atom. The molecule has 0 aromatic heterocycles. The second-order valence-corrected chi connectivity index (χ2v) is 7.50. The summed E-state index contributed by atoms with van der Waals surface area (Å²) in [6, 6.07) is 17.3. The summed E-state index contributed by atoms with van der Waals surface area (Å²) in [5.41, 5.74) is 0.368. The van der Waals surface area contributed by atoms with Gasteiger partial charge in [-0.25, -0.2) is 4.39 Å². The largest absolute Gasteiger partial charge is 0.503 e. The average Bonchev–Trinajstić information content (AvgIpc) is 3.00. The van der Waals surface area contributed by atoms with Crippen LogP contribution in [0.2, 0.25) is 10.0 Å². The van der Waals surface area contributed by atoms with E-state index < -0.39 is 29.3 Å². The molecule has 0 bridgehead atoms. The number of amides is 1. The molecule has 0 saturated carbocycles. The summed E-state index contributed by atoms with van der Waals surface area (Å²) in [6.45, 7) is 0. The molecule has 30 heavy (non-hydrogen) atoms. The monoisotopic (exact) mass is 441 g/mol. The summed E-state index contributed by atoms with van der Waals surface area (Å²) >= 11 is 12.2. The van der Waals surface area contributed by atoms with Gasteiger partial charge in [0.05, 0.1) is 22.3 Å². The Labute approximate surface area is 181 Å². The fourth-order valence-corrected chi connectivity index (χ4v) is 3.83. The molecule has 0 fully saturated rings. The first-order chi connectivity index (χ1) is 14.4. The molecule has 0 radical (unpaired) electrons. The number of aliphatic hydroxyl groups excluding tert-OH is 1. The molecule has 1 aliphatic rings. The van der Waals surface area contributed by atoms with Gasteiger partial charge in [0.2, 0.25) is 0 Å². The zero-order valence-corrected chi connectivity index (χ0v) is 16.9. The van der Waals surface area contributed by atoms with E-state index in [4.69, 9.17) is 23.2 Å². The fraction of sp³-hybridized carbons (Fsp3) is 0.0435. The minimum Gasteiger partial charge on any atom is -0.503 e. The zero-order chi connectivity index (χ0) is 21.4. The topological polar surface area (TPSA) is 57.6 Å². The maximum absolute atomic E-state index is 14.6. The lowest BCUT2D eigenvalue weighted by Crippen LogP contribution is -2.31. The number of hydrogen-bond donors (Lipinski definition) is 1. The van der Waals surface area contributed by atoms with Gasteiger partial charge >= 0.3 is 0 Å². The maximum Gasteiger partial charge on any atom is 0.294 e. The summed E-state index contributed by atoms with van der Waals surface area (Å²) < 4.78 is 14.6. The van der Waals surface area contributed by atoms with Gasteiger partial charge in [0.1, 0.15) is 5.82 Å². The van der Waals surface area contributed by atoms with E-state index in [-0.39, 0.29) is 21.8 Å². The molecule has 4 rings (SSSR count). The number of carbonyl (C=O) groups is 2. The van der Waals surface area contributed by atoms with Crippen molar-refractivity contribution in [1.82, 2.24) is 0 Å². The summed E-state index contributed by atoms with van der Waals surface area (Å²) in [5, 5.41) is 11.3. The maximum atomic E-state index is 14.6. The van der Waals surface area contributed by atoms with Gasteiger partial charge in [0.25, 0.3) is 5.91 Å². The van der Waals surface area contributed by atoms with Crippen molar-refractivity contribution >= 4 is 40.6 Å². The Morgan fingerprint density at radius 1 is 0.933 bits per heavy atom. The number of benzene rings is 3. The van der Waals surface area contributed by atoms with Crippen LogP contribution < -0.4 is 4.90 Å². The Balaban J connectivity index is 1.92. The van der Waals surface area contributed by atoms with Crippen molar-refractivity contribution in [2.75, 3.05) is 4.90 Å². The highest BCUT2D eigenvalue weighted by Crippen LogP contribution is 2.43. The van der Waals surface area contributed by atoms with Crippen LogP contribution in [-0.4, -0.2) is 16.8 Å². The quantitative estimate of drug-likeness (QED) is 0.511. The number of nitrogens with zero attached hydrogens (tertiary/aromatic N) is 1. The van der Waals surface area contributed by atoms with Gasteiger partial charge in [-0.15, -0.1) is 0 Å². The van der Waals surface area contributed by atoms with Crippen LogP contribution >= 0.6 is 23.2 Å². The molecule has 0 saturated heterocycles. The molecule has 150 valence electrons. The summed E-state index contributed by atoms with van der Waals surface area (Å²) in [7, 11) is 0. The van der Waals surface area contributed by atoms with Crippen LogP contribution in [0.3, 0.4) is 0 Å². The molecule has 7 heteroatoms. The van der Waals surface area contributed by atoms with Crippen LogP contribution in [0.1, 0.15) is 22.0 Å². The molecular weight excluding hydrogens is 428 g/mol. The van der Waals surface area contributed by atoms with Gasteiger partial charge < -0.3 is 5.11 Å². The molecule has 3 aromatic carbocycles. The van der Waals surface area contributed by atoms with Gasteiger partial charge in [-0.05, 0) is 42.0 Å². The van der Waals surface area contributed by atoms with Crippen molar-refractivity contribution in [2.45, 2.75) is 6.04 Å². The Bertz CT molecular complexity index is 1190. The Morgan fingerprint density at radius 2 is 1.57 bits per heavy atom. The van der Waals surface area contributed by atoms with E-state index in [2.05, 4.69) is 0 Å². The van der Waals surface area contributed by atoms with Crippen molar-refractivity contribution in [3.05, 3.63) is 111 Å². The number of Topliss-reactive ketones (excluding diaryl/α,β-unsaturated/α-hetero) is 1. The number of ketones is 1. The summed E-state index contributed by atoms with van der Waals surface area (Å²) in [5.74, 6) is -2.91. The number of rotatable bonds is 4. The van der Waals surface area contributed by atoms with Crippen molar-refractivity contribution in [3.8, 4) is 0 Å². The Hall–Kier alpha value is -3.15. The molecular formula is C23H14Cl2FNO3. The second-order valence-electron chi connectivity index (χ2n) is 6.65. The van der Waals surface area contributed by atoms with Crippen molar-refractivity contribution < 1.29 is 19.1 Å². The van der Waals surface area contributed by atoms with Gasteiger partial charge in [-0.2, -0.15) is 0 Å². The lowest BCUT2D eigenvalue weighted by molar-refractivity contribution is -0.117. The molecule has 4 nitrogen and oxygen atoms in total. The molecule has 0 spiro atoms.